The van der Waals surface area contributed by atoms with Gasteiger partial charge in [-0.2, -0.15) is 0 Å². The van der Waals surface area contributed by atoms with Crippen molar-refractivity contribution < 1.29 is 18.0 Å². The fourth-order valence-corrected chi connectivity index (χ4v) is 5.31. The highest BCUT2D eigenvalue weighted by Crippen LogP contribution is 2.26. The van der Waals surface area contributed by atoms with Crippen molar-refractivity contribution in [2.24, 2.45) is 0 Å². The van der Waals surface area contributed by atoms with E-state index in [1.165, 1.54) is 24.1 Å². The molecule has 0 aliphatic rings. The van der Waals surface area contributed by atoms with Crippen molar-refractivity contribution >= 4 is 39.1 Å². The van der Waals surface area contributed by atoms with Gasteiger partial charge in [-0.25, -0.2) is 8.42 Å². The van der Waals surface area contributed by atoms with Crippen LogP contribution in [-0.4, -0.2) is 44.8 Å². The minimum Gasteiger partial charge on any atom is -0.357 e. The number of likely N-dealkylation sites (N-methyl/N-ethyl adjacent to an activating group) is 1. The molecule has 36 heavy (non-hydrogen) atoms. The summed E-state index contributed by atoms with van der Waals surface area (Å²) in [6.07, 6.45) is 0. The van der Waals surface area contributed by atoms with E-state index in [0.717, 1.165) is 21.0 Å². The van der Waals surface area contributed by atoms with Crippen LogP contribution in [0.1, 0.15) is 23.6 Å². The van der Waals surface area contributed by atoms with Gasteiger partial charge in [-0.3, -0.25) is 13.9 Å². The summed E-state index contributed by atoms with van der Waals surface area (Å²) in [6.45, 7) is 5.07. The number of anilines is 1. The Hall–Kier alpha value is -3.36. The average Bonchev–Trinajstić information content (AvgIpc) is 2.85. The number of aryl methyl sites for hydroxylation is 2. The lowest BCUT2D eigenvalue weighted by Crippen LogP contribution is -2.50. The SMILES string of the molecule is CNC(=O)[C@@H](C)N(Cc1cccc(C)c1)C(=O)CN(c1ccc(Cl)cc1)S(=O)(=O)c1ccc(C)cc1. The van der Waals surface area contributed by atoms with E-state index >= 15 is 0 Å². The van der Waals surface area contributed by atoms with Gasteiger partial charge in [-0.15, -0.1) is 0 Å². The number of nitrogens with one attached hydrogen (secondary N) is 1. The molecule has 0 radical (unpaired) electrons. The second-order valence-corrected chi connectivity index (χ2v) is 10.9. The van der Waals surface area contributed by atoms with Crippen LogP contribution in [0.3, 0.4) is 0 Å². The van der Waals surface area contributed by atoms with Gasteiger partial charge in [0.2, 0.25) is 11.8 Å². The summed E-state index contributed by atoms with van der Waals surface area (Å²) in [5.41, 5.74) is 3.04. The third kappa shape index (κ3) is 6.44. The molecule has 0 aliphatic heterocycles. The van der Waals surface area contributed by atoms with Gasteiger partial charge in [0.1, 0.15) is 12.6 Å². The molecule has 0 unspecified atom stereocenters. The van der Waals surface area contributed by atoms with Gasteiger partial charge in [-0.05, 0) is 62.7 Å². The van der Waals surface area contributed by atoms with Crippen molar-refractivity contribution in [1.29, 1.82) is 0 Å². The molecule has 190 valence electrons. The first-order valence-corrected chi connectivity index (χ1v) is 13.3. The number of hydrogen-bond acceptors (Lipinski definition) is 4. The first-order chi connectivity index (χ1) is 17.0. The molecular formula is C27H30ClN3O4S. The number of hydrogen-bond donors (Lipinski definition) is 1. The van der Waals surface area contributed by atoms with Crippen LogP contribution in [0.5, 0.6) is 0 Å². The highest BCUT2D eigenvalue weighted by atomic mass is 35.5. The second-order valence-electron chi connectivity index (χ2n) is 8.60. The van der Waals surface area contributed by atoms with Crippen molar-refractivity contribution in [3.63, 3.8) is 0 Å². The van der Waals surface area contributed by atoms with Gasteiger partial charge in [0.05, 0.1) is 10.6 Å². The molecule has 0 saturated heterocycles. The molecule has 7 nitrogen and oxygen atoms in total. The van der Waals surface area contributed by atoms with Gasteiger partial charge in [0, 0.05) is 18.6 Å². The average molecular weight is 528 g/mol. The van der Waals surface area contributed by atoms with Crippen LogP contribution in [0.4, 0.5) is 5.69 Å². The molecule has 0 saturated carbocycles. The zero-order chi connectivity index (χ0) is 26.5. The van der Waals surface area contributed by atoms with E-state index in [-0.39, 0.29) is 23.0 Å². The molecule has 9 heteroatoms. The number of halogens is 1. The predicted octanol–water partition coefficient (Wildman–Crippen LogP) is 4.32. The van der Waals surface area contributed by atoms with E-state index in [2.05, 4.69) is 5.32 Å². The van der Waals surface area contributed by atoms with E-state index in [4.69, 9.17) is 11.6 Å². The molecule has 0 heterocycles. The molecule has 0 bridgehead atoms. The van der Waals surface area contributed by atoms with Crippen LogP contribution in [-0.2, 0) is 26.2 Å². The van der Waals surface area contributed by atoms with Crippen LogP contribution in [0.15, 0.2) is 77.7 Å². The third-order valence-corrected chi connectivity index (χ3v) is 7.89. The van der Waals surface area contributed by atoms with Crippen LogP contribution >= 0.6 is 11.6 Å². The summed E-state index contributed by atoms with van der Waals surface area (Å²) in [4.78, 5) is 27.6. The standard InChI is InChI=1S/C27H30ClN3O4S/c1-19-8-14-25(15-9-19)36(34,35)31(24-12-10-23(28)11-13-24)18-26(32)30(21(3)27(33)29-4)17-22-7-5-6-20(2)16-22/h5-16,21H,17-18H2,1-4H3,(H,29,33)/t21-/m1/s1. The van der Waals surface area contributed by atoms with Crippen LogP contribution in [0.2, 0.25) is 5.02 Å². The van der Waals surface area contributed by atoms with Gasteiger partial charge < -0.3 is 10.2 Å². The van der Waals surface area contributed by atoms with Crippen molar-refractivity contribution in [3.8, 4) is 0 Å². The summed E-state index contributed by atoms with van der Waals surface area (Å²) >= 11 is 6.03. The summed E-state index contributed by atoms with van der Waals surface area (Å²) < 4.78 is 28.4. The Labute approximate surface area is 217 Å². The summed E-state index contributed by atoms with van der Waals surface area (Å²) in [6, 6.07) is 19.4. The maximum Gasteiger partial charge on any atom is 0.264 e. The zero-order valence-corrected chi connectivity index (χ0v) is 22.3. The zero-order valence-electron chi connectivity index (χ0n) is 20.7. The Morgan fingerprint density at radius 1 is 0.944 bits per heavy atom. The predicted molar refractivity (Wildman–Crippen MR) is 142 cm³/mol. The maximum atomic E-state index is 13.7. The van der Waals surface area contributed by atoms with Crippen molar-refractivity contribution in [2.45, 2.75) is 38.3 Å². The monoisotopic (exact) mass is 527 g/mol. The molecule has 0 aliphatic carbocycles. The molecule has 3 aromatic carbocycles. The molecule has 0 fully saturated rings. The lowest BCUT2D eigenvalue weighted by molar-refractivity contribution is -0.139. The Kier molecular flexibility index (Phi) is 8.76. The lowest BCUT2D eigenvalue weighted by Gasteiger charge is -2.31. The Balaban J connectivity index is 2.02. The summed E-state index contributed by atoms with van der Waals surface area (Å²) in [5, 5.41) is 3.01. The fourth-order valence-electron chi connectivity index (χ4n) is 3.77. The van der Waals surface area contributed by atoms with Crippen molar-refractivity contribution in [1.82, 2.24) is 10.2 Å². The number of carbonyl (C=O) groups excluding carboxylic acids is 2. The van der Waals surface area contributed by atoms with Crippen LogP contribution < -0.4 is 9.62 Å². The highest BCUT2D eigenvalue weighted by Gasteiger charge is 2.32. The molecule has 3 aromatic rings. The van der Waals surface area contributed by atoms with Crippen LogP contribution in [0, 0.1) is 13.8 Å². The summed E-state index contributed by atoms with van der Waals surface area (Å²) in [5.74, 6) is -0.867. The molecule has 0 aromatic heterocycles. The normalized spacial score (nSPS) is 12.0. The number of benzene rings is 3. The van der Waals surface area contributed by atoms with E-state index in [9.17, 15) is 18.0 Å². The third-order valence-electron chi connectivity index (χ3n) is 5.85. The number of sulfonamides is 1. The lowest BCUT2D eigenvalue weighted by atomic mass is 10.1. The van der Waals surface area contributed by atoms with Gasteiger partial charge in [0.25, 0.3) is 10.0 Å². The Morgan fingerprint density at radius 3 is 2.17 bits per heavy atom. The number of rotatable bonds is 9. The largest absolute Gasteiger partial charge is 0.357 e. The smallest absolute Gasteiger partial charge is 0.264 e. The Bertz CT molecular complexity index is 1330. The molecule has 0 spiro atoms. The maximum absolute atomic E-state index is 13.7. The summed E-state index contributed by atoms with van der Waals surface area (Å²) in [7, 11) is -2.61. The minimum absolute atomic E-state index is 0.0560. The van der Waals surface area contributed by atoms with Crippen LogP contribution in [0.25, 0.3) is 0 Å². The first-order valence-electron chi connectivity index (χ1n) is 11.4. The fraction of sp³-hybridized carbons (Fsp3) is 0.259. The minimum atomic E-state index is -4.10. The molecule has 1 atom stereocenters. The second kappa shape index (κ2) is 11.6. The van der Waals surface area contributed by atoms with Crippen molar-refractivity contribution in [2.75, 3.05) is 17.9 Å². The number of nitrogens with zero attached hydrogens (tertiary/aromatic N) is 2. The molecule has 1 N–H and O–H groups in total. The first kappa shape index (κ1) is 27.2. The molecule has 3 rings (SSSR count). The van der Waals surface area contributed by atoms with Gasteiger partial charge in [0.15, 0.2) is 0 Å². The molecular weight excluding hydrogens is 498 g/mol. The quantitative estimate of drug-likeness (QED) is 0.449. The van der Waals surface area contributed by atoms with Gasteiger partial charge >= 0.3 is 0 Å². The highest BCUT2D eigenvalue weighted by molar-refractivity contribution is 7.92. The van der Waals surface area contributed by atoms with E-state index in [0.29, 0.717) is 5.02 Å². The van der Waals surface area contributed by atoms with E-state index < -0.39 is 28.5 Å². The molecule has 2 amide bonds. The topological polar surface area (TPSA) is 86.8 Å². The van der Waals surface area contributed by atoms with E-state index in [1.54, 1.807) is 43.3 Å². The number of amides is 2. The van der Waals surface area contributed by atoms with E-state index in [1.807, 2.05) is 38.1 Å². The Morgan fingerprint density at radius 2 is 1.58 bits per heavy atom. The van der Waals surface area contributed by atoms with Crippen molar-refractivity contribution in [3.05, 3.63) is 94.5 Å². The number of carbonyl (C=O) groups is 2. The van der Waals surface area contributed by atoms with Gasteiger partial charge in [-0.1, -0.05) is 59.1 Å².